The number of hydrogen-bond donors (Lipinski definition) is 1. The Bertz CT molecular complexity index is 1210. The predicted molar refractivity (Wildman–Crippen MR) is 107 cm³/mol. The SMILES string of the molecule is CC1N=C(c2ccc(=O)n(C(F)F)c2)NC1(c1ccc(F)cc1)c1ccc(C(F)F)nc1. The summed E-state index contributed by atoms with van der Waals surface area (Å²) in [6.45, 7) is -1.29. The maximum Gasteiger partial charge on any atom is 0.321 e. The first kappa shape index (κ1) is 21.7. The molecule has 10 heteroatoms. The average Bonchev–Trinajstić information content (AvgIpc) is 3.12. The molecule has 4 rings (SSSR count). The normalized spacial score (nSPS) is 20.5. The van der Waals surface area contributed by atoms with Crippen LogP contribution in [0.1, 0.15) is 42.3 Å². The van der Waals surface area contributed by atoms with Crippen molar-refractivity contribution in [1.82, 2.24) is 14.9 Å². The van der Waals surface area contributed by atoms with Crippen LogP contribution in [0.2, 0.25) is 0 Å². The van der Waals surface area contributed by atoms with Gasteiger partial charge in [-0.1, -0.05) is 18.2 Å². The zero-order valence-corrected chi connectivity index (χ0v) is 16.6. The molecule has 2 unspecified atom stereocenters. The first-order chi connectivity index (χ1) is 15.2. The van der Waals surface area contributed by atoms with E-state index in [1.54, 1.807) is 6.92 Å². The maximum atomic E-state index is 13.6. The van der Waals surface area contributed by atoms with E-state index in [-0.39, 0.29) is 16.0 Å². The molecule has 1 aromatic carbocycles. The molecule has 5 nitrogen and oxygen atoms in total. The molecular weight excluding hydrogens is 431 g/mol. The highest BCUT2D eigenvalue weighted by Gasteiger charge is 2.45. The number of rotatable bonds is 5. The summed E-state index contributed by atoms with van der Waals surface area (Å²) in [6.07, 6.45) is -0.473. The highest BCUT2D eigenvalue weighted by molar-refractivity contribution is 6.01. The van der Waals surface area contributed by atoms with Crippen LogP contribution in [0.4, 0.5) is 22.0 Å². The lowest BCUT2D eigenvalue weighted by molar-refractivity contribution is 0.0663. The minimum absolute atomic E-state index is 0.217. The molecule has 32 heavy (non-hydrogen) atoms. The zero-order chi connectivity index (χ0) is 23.0. The van der Waals surface area contributed by atoms with Crippen molar-refractivity contribution in [2.24, 2.45) is 4.99 Å². The number of pyridine rings is 2. The molecule has 2 aromatic heterocycles. The largest absolute Gasteiger partial charge is 0.354 e. The molecule has 1 N–H and O–H groups in total. The van der Waals surface area contributed by atoms with Gasteiger partial charge in [0.25, 0.3) is 12.0 Å². The standard InChI is InChI=1S/C22H17F5N4O/c1-12-22(14-3-6-16(23)7-4-14,15-5-8-17(19(24)25)28-10-15)30-20(29-12)13-2-9-18(32)31(11-13)21(26)27/h2-12,19,21H,1H3,(H,29,30). The maximum absolute atomic E-state index is 13.6. The fraction of sp³-hybridized carbons (Fsp3) is 0.227. The van der Waals surface area contributed by atoms with Crippen LogP contribution in [0.5, 0.6) is 0 Å². The molecule has 2 atom stereocenters. The van der Waals surface area contributed by atoms with Gasteiger partial charge in [-0.3, -0.25) is 19.3 Å². The Kier molecular flexibility index (Phi) is 5.53. The van der Waals surface area contributed by atoms with E-state index in [0.717, 1.165) is 12.3 Å². The van der Waals surface area contributed by atoms with Crippen molar-refractivity contribution >= 4 is 5.84 Å². The second kappa shape index (κ2) is 8.18. The Labute approximate surface area is 179 Å². The minimum Gasteiger partial charge on any atom is -0.354 e. The molecule has 0 bridgehead atoms. The molecular formula is C22H17F5N4O. The number of nitrogens with one attached hydrogen (secondary N) is 1. The highest BCUT2D eigenvalue weighted by Crippen LogP contribution is 2.39. The number of halogens is 5. The number of nitrogens with zero attached hydrogens (tertiary/aromatic N) is 3. The Morgan fingerprint density at radius 3 is 2.28 bits per heavy atom. The molecule has 0 radical (unpaired) electrons. The third-order valence-corrected chi connectivity index (χ3v) is 5.45. The second-order valence-corrected chi connectivity index (χ2v) is 7.31. The third kappa shape index (κ3) is 3.65. The smallest absolute Gasteiger partial charge is 0.321 e. The highest BCUT2D eigenvalue weighted by atomic mass is 19.3. The lowest BCUT2D eigenvalue weighted by atomic mass is 9.79. The number of alkyl halides is 4. The van der Waals surface area contributed by atoms with Crippen LogP contribution < -0.4 is 10.9 Å². The van der Waals surface area contributed by atoms with Crippen LogP contribution in [-0.2, 0) is 5.54 Å². The van der Waals surface area contributed by atoms with Gasteiger partial charge >= 0.3 is 6.55 Å². The lowest BCUT2D eigenvalue weighted by Crippen LogP contribution is -2.48. The van der Waals surface area contributed by atoms with Crippen LogP contribution in [0, 0.1) is 5.82 Å². The summed E-state index contributed by atoms with van der Waals surface area (Å²) in [5.41, 5.74) is -1.13. The monoisotopic (exact) mass is 448 g/mol. The molecule has 0 amide bonds. The van der Waals surface area contributed by atoms with Gasteiger partial charge < -0.3 is 5.32 Å². The van der Waals surface area contributed by atoms with E-state index in [1.807, 2.05) is 0 Å². The van der Waals surface area contributed by atoms with Gasteiger partial charge in [-0.05, 0) is 36.8 Å². The van der Waals surface area contributed by atoms with E-state index in [0.29, 0.717) is 11.1 Å². The van der Waals surface area contributed by atoms with E-state index in [9.17, 15) is 26.7 Å². The minimum atomic E-state index is -3.03. The third-order valence-electron chi connectivity index (χ3n) is 5.45. The number of aromatic nitrogens is 2. The lowest BCUT2D eigenvalue weighted by Gasteiger charge is -2.35. The molecule has 3 aromatic rings. The Morgan fingerprint density at radius 1 is 1.00 bits per heavy atom. The molecule has 0 fully saturated rings. The average molecular weight is 448 g/mol. The van der Waals surface area contributed by atoms with Crippen molar-refractivity contribution in [3.05, 3.63) is 99.5 Å². The van der Waals surface area contributed by atoms with Gasteiger partial charge in [0.1, 0.15) is 22.9 Å². The van der Waals surface area contributed by atoms with E-state index < -0.39 is 41.6 Å². The van der Waals surface area contributed by atoms with Gasteiger partial charge in [0.15, 0.2) is 0 Å². The van der Waals surface area contributed by atoms with Gasteiger partial charge in [-0.25, -0.2) is 13.2 Å². The Balaban J connectivity index is 1.82. The fourth-order valence-electron chi connectivity index (χ4n) is 3.83. The number of aliphatic imine (C=N–C) groups is 1. The first-order valence-electron chi connectivity index (χ1n) is 9.59. The van der Waals surface area contributed by atoms with Crippen molar-refractivity contribution in [3.8, 4) is 0 Å². The molecule has 1 aliphatic rings. The van der Waals surface area contributed by atoms with Gasteiger partial charge in [-0.2, -0.15) is 8.78 Å². The van der Waals surface area contributed by atoms with E-state index in [4.69, 9.17) is 0 Å². The van der Waals surface area contributed by atoms with Crippen molar-refractivity contribution in [1.29, 1.82) is 0 Å². The second-order valence-electron chi connectivity index (χ2n) is 7.31. The summed E-state index contributed by atoms with van der Waals surface area (Å²) in [5.74, 6) is -0.250. The molecule has 0 saturated carbocycles. The van der Waals surface area contributed by atoms with Gasteiger partial charge in [0.2, 0.25) is 0 Å². The summed E-state index contributed by atoms with van der Waals surface area (Å²) < 4.78 is 66.3. The van der Waals surface area contributed by atoms with Crippen molar-refractivity contribution in [2.45, 2.75) is 31.5 Å². The molecule has 0 saturated heterocycles. The predicted octanol–water partition coefficient (Wildman–Crippen LogP) is 4.40. The molecule has 166 valence electrons. The quantitative estimate of drug-likeness (QED) is 0.589. The summed E-state index contributed by atoms with van der Waals surface area (Å²) in [7, 11) is 0. The van der Waals surface area contributed by atoms with Gasteiger partial charge in [-0.15, -0.1) is 0 Å². The summed E-state index contributed by atoms with van der Waals surface area (Å²) in [4.78, 5) is 20.1. The van der Waals surface area contributed by atoms with Crippen LogP contribution >= 0.6 is 0 Å². The number of hydrogen-bond acceptors (Lipinski definition) is 4. The van der Waals surface area contributed by atoms with Gasteiger partial charge in [0.05, 0.1) is 6.04 Å². The number of amidine groups is 1. The van der Waals surface area contributed by atoms with Crippen molar-refractivity contribution in [2.75, 3.05) is 0 Å². The zero-order valence-electron chi connectivity index (χ0n) is 16.6. The Morgan fingerprint density at radius 2 is 1.69 bits per heavy atom. The van der Waals surface area contributed by atoms with E-state index >= 15 is 0 Å². The van der Waals surface area contributed by atoms with Crippen LogP contribution in [0.25, 0.3) is 0 Å². The van der Waals surface area contributed by atoms with Crippen LogP contribution in [0.3, 0.4) is 0 Å². The molecule has 0 aliphatic carbocycles. The first-order valence-corrected chi connectivity index (χ1v) is 9.59. The van der Waals surface area contributed by atoms with Crippen molar-refractivity contribution in [3.63, 3.8) is 0 Å². The molecule has 0 spiro atoms. The molecule has 3 heterocycles. The van der Waals surface area contributed by atoms with Crippen LogP contribution in [0.15, 0.2) is 70.7 Å². The van der Waals surface area contributed by atoms with E-state index in [2.05, 4.69) is 15.3 Å². The van der Waals surface area contributed by atoms with E-state index in [1.165, 1.54) is 48.7 Å². The summed E-state index contributed by atoms with van der Waals surface area (Å²) >= 11 is 0. The van der Waals surface area contributed by atoms with Crippen LogP contribution in [-0.4, -0.2) is 21.4 Å². The summed E-state index contributed by atoms with van der Waals surface area (Å²) in [5, 5.41) is 3.20. The fourth-order valence-corrected chi connectivity index (χ4v) is 3.83. The topological polar surface area (TPSA) is 59.3 Å². The van der Waals surface area contributed by atoms with Gasteiger partial charge in [0, 0.05) is 29.6 Å². The summed E-state index contributed by atoms with van der Waals surface area (Å²) in [6, 6.07) is 10.0. The number of benzene rings is 1. The van der Waals surface area contributed by atoms with Crippen molar-refractivity contribution < 1.29 is 22.0 Å². The molecule has 1 aliphatic heterocycles. The Hall–Kier alpha value is -3.56.